The third-order valence-corrected chi connectivity index (χ3v) is 2.12. The minimum atomic E-state index is -1.22. The van der Waals surface area contributed by atoms with Crippen molar-refractivity contribution in [2.45, 2.75) is 12.5 Å². The quantitative estimate of drug-likeness (QED) is 0.432. The number of carbonyl (C=O) groups is 1. The molecule has 0 amide bonds. The van der Waals surface area contributed by atoms with E-state index in [2.05, 4.69) is 4.99 Å². The van der Waals surface area contributed by atoms with Crippen molar-refractivity contribution in [3.8, 4) is 11.5 Å². The summed E-state index contributed by atoms with van der Waals surface area (Å²) in [5.74, 6) is -1.22. The molecule has 0 spiro atoms. The van der Waals surface area contributed by atoms with Crippen LogP contribution in [0.15, 0.2) is 23.2 Å². The molecular weight excluding hydrogens is 226 g/mol. The minimum absolute atomic E-state index is 0.00291. The molecule has 1 aromatic carbocycles. The third kappa shape index (κ3) is 3.76. The third-order valence-electron chi connectivity index (χ3n) is 2.12. The van der Waals surface area contributed by atoms with E-state index >= 15 is 0 Å². The lowest BCUT2D eigenvalue weighted by Gasteiger charge is -2.03. The average Bonchev–Trinajstić information content (AvgIpc) is 2.28. The van der Waals surface area contributed by atoms with Crippen molar-refractivity contribution in [2.24, 2.45) is 4.99 Å². The Morgan fingerprint density at radius 3 is 2.71 bits per heavy atom. The zero-order valence-electron chi connectivity index (χ0n) is 8.95. The van der Waals surface area contributed by atoms with Crippen LogP contribution in [0.5, 0.6) is 11.5 Å². The molecule has 4 N–H and O–H groups in total. The second-order valence-electron chi connectivity index (χ2n) is 3.39. The molecule has 0 heterocycles. The summed E-state index contributed by atoms with van der Waals surface area (Å²) in [6, 6.07) is 2.83. The highest BCUT2D eigenvalue weighted by atomic mass is 16.4. The van der Waals surface area contributed by atoms with Gasteiger partial charge in [-0.15, -0.1) is 0 Å². The zero-order chi connectivity index (χ0) is 12.8. The van der Waals surface area contributed by atoms with Crippen LogP contribution in [0, 0.1) is 0 Å². The van der Waals surface area contributed by atoms with Gasteiger partial charge in [0.05, 0.1) is 6.61 Å². The summed E-state index contributed by atoms with van der Waals surface area (Å²) < 4.78 is 0. The highest BCUT2D eigenvalue weighted by Gasteiger charge is 2.12. The lowest BCUT2D eigenvalue weighted by atomic mass is 10.1. The lowest BCUT2D eigenvalue weighted by molar-refractivity contribution is -0.139. The van der Waals surface area contributed by atoms with Crippen molar-refractivity contribution in [3.05, 3.63) is 23.8 Å². The molecule has 0 bridgehead atoms. The van der Waals surface area contributed by atoms with E-state index in [4.69, 9.17) is 10.2 Å². The van der Waals surface area contributed by atoms with Crippen molar-refractivity contribution in [2.75, 3.05) is 6.61 Å². The van der Waals surface area contributed by atoms with Crippen LogP contribution in [0.3, 0.4) is 0 Å². The number of nitrogens with zero attached hydrogens (tertiary/aromatic N) is 1. The highest BCUT2D eigenvalue weighted by molar-refractivity contribution is 5.76. The molecule has 0 saturated carbocycles. The largest absolute Gasteiger partial charge is 0.508 e. The molecule has 0 unspecified atom stereocenters. The Morgan fingerprint density at radius 1 is 1.41 bits per heavy atom. The monoisotopic (exact) mass is 239 g/mol. The van der Waals surface area contributed by atoms with Gasteiger partial charge in [-0.25, -0.2) is 4.79 Å². The fourth-order valence-corrected chi connectivity index (χ4v) is 1.20. The Hall–Kier alpha value is -2.08. The average molecular weight is 239 g/mol. The Kier molecular flexibility index (Phi) is 4.47. The number of aliphatic hydroxyl groups is 1. The SMILES string of the molecule is O=C(O)[C@H](CO)N=CCc1cc(O)ccc1O. The first kappa shape index (κ1) is 13.0. The zero-order valence-corrected chi connectivity index (χ0v) is 8.95. The molecule has 6 heteroatoms. The van der Waals surface area contributed by atoms with Crippen molar-refractivity contribution in [1.82, 2.24) is 0 Å². The van der Waals surface area contributed by atoms with E-state index in [0.717, 1.165) is 0 Å². The van der Waals surface area contributed by atoms with Gasteiger partial charge >= 0.3 is 5.97 Å². The van der Waals surface area contributed by atoms with E-state index in [9.17, 15) is 15.0 Å². The minimum Gasteiger partial charge on any atom is -0.508 e. The van der Waals surface area contributed by atoms with Gasteiger partial charge in [-0.3, -0.25) is 4.99 Å². The van der Waals surface area contributed by atoms with Crippen LogP contribution < -0.4 is 0 Å². The molecule has 1 atom stereocenters. The summed E-state index contributed by atoms with van der Waals surface area (Å²) in [6.07, 6.45) is 1.45. The van der Waals surface area contributed by atoms with Crippen molar-refractivity contribution >= 4 is 12.2 Å². The summed E-state index contributed by atoms with van der Waals surface area (Å²) in [6.45, 7) is -0.585. The molecule has 0 radical (unpaired) electrons. The first-order valence-corrected chi connectivity index (χ1v) is 4.90. The van der Waals surface area contributed by atoms with E-state index in [-0.39, 0.29) is 17.9 Å². The molecule has 0 aliphatic rings. The number of aromatic hydroxyl groups is 2. The predicted molar refractivity (Wildman–Crippen MR) is 60.5 cm³/mol. The van der Waals surface area contributed by atoms with E-state index in [1.807, 2.05) is 0 Å². The van der Waals surface area contributed by atoms with E-state index < -0.39 is 18.6 Å². The summed E-state index contributed by atoms with van der Waals surface area (Å²) in [5, 5.41) is 35.9. The van der Waals surface area contributed by atoms with E-state index in [1.165, 1.54) is 24.4 Å². The Bertz CT molecular complexity index is 430. The number of hydrogen-bond acceptors (Lipinski definition) is 5. The van der Waals surface area contributed by atoms with Crippen LogP contribution in [0.1, 0.15) is 5.56 Å². The van der Waals surface area contributed by atoms with Crippen molar-refractivity contribution in [1.29, 1.82) is 0 Å². The van der Waals surface area contributed by atoms with Crippen molar-refractivity contribution < 1.29 is 25.2 Å². The van der Waals surface area contributed by atoms with Gasteiger partial charge in [-0.05, 0) is 18.2 Å². The molecule has 92 valence electrons. The number of phenols is 2. The Morgan fingerprint density at radius 2 is 2.12 bits per heavy atom. The fourth-order valence-electron chi connectivity index (χ4n) is 1.20. The first-order chi connectivity index (χ1) is 8.04. The summed E-state index contributed by atoms with van der Waals surface area (Å²) in [4.78, 5) is 14.2. The Balaban J connectivity index is 2.69. The van der Waals surface area contributed by atoms with Crippen LogP contribution >= 0.6 is 0 Å². The number of rotatable bonds is 5. The number of phenolic OH excluding ortho intramolecular Hbond substituents is 2. The van der Waals surface area contributed by atoms with Crippen LogP contribution in [-0.4, -0.2) is 45.3 Å². The van der Waals surface area contributed by atoms with Gasteiger partial charge in [0.2, 0.25) is 0 Å². The van der Waals surface area contributed by atoms with Gasteiger partial charge in [0.1, 0.15) is 11.5 Å². The van der Waals surface area contributed by atoms with Gasteiger partial charge < -0.3 is 20.4 Å². The lowest BCUT2D eigenvalue weighted by Crippen LogP contribution is -2.22. The number of aliphatic carboxylic acids is 1. The van der Waals surface area contributed by atoms with Crippen LogP contribution in [-0.2, 0) is 11.2 Å². The number of carboxylic acid groups (broad SMARTS) is 1. The number of aliphatic hydroxyl groups excluding tert-OH is 1. The molecular formula is C11H13NO5. The summed E-state index contributed by atoms with van der Waals surface area (Å²) >= 11 is 0. The van der Waals surface area contributed by atoms with Gasteiger partial charge in [-0.2, -0.15) is 0 Å². The van der Waals surface area contributed by atoms with Crippen molar-refractivity contribution in [3.63, 3.8) is 0 Å². The number of aliphatic imine (C=N–C) groups is 1. The van der Waals surface area contributed by atoms with Crippen LogP contribution in [0.4, 0.5) is 0 Å². The number of carboxylic acids is 1. The maximum atomic E-state index is 10.5. The predicted octanol–water partition coefficient (Wildman–Crippen LogP) is 0.157. The standard InChI is InChI=1S/C11H13NO5/c13-6-9(11(16)17)12-4-3-7-5-8(14)1-2-10(7)15/h1-2,4-5,9,13-15H,3,6H2,(H,16,17)/t9-/m0/s1. The van der Waals surface area contributed by atoms with Gasteiger partial charge in [0.15, 0.2) is 6.04 Å². The summed E-state index contributed by atoms with van der Waals surface area (Å²) in [7, 11) is 0. The normalized spacial score (nSPS) is 12.8. The Labute approximate surface area is 97.5 Å². The van der Waals surface area contributed by atoms with E-state index in [0.29, 0.717) is 5.56 Å². The fraction of sp³-hybridized carbons (Fsp3) is 0.273. The van der Waals surface area contributed by atoms with Gasteiger partial charge in [-0.1, -0.05) is 0 Å². The maximum Gasteiger partial charge on any atom is 0.330 e. The molecule has 0 aromatic heterocycles. The van der Waals surface area contributed by atoms with Gasteiger partial charge in [0.25, 0.3) is 0 Å². The molecule has 1 rings (SSSR count). The molecule has 6 nitrogen and oxygen atoms in total. The van der Waals surface area contributed by atoms with Crippen LogP contribution in [0.25, 0.3) is 0 Å². The van der Waals surface area contributed by atoms with E-state index in [1.54, 1.807) is 0 Å². The second kappa shape index (κ2) is 5.86. The smallest absolute Gasteiger partial charge is 0.330 e. The first-order valence-electron chi connectivity index (χ1n) is 4.90. The second-order valence-corrected chi connectivity index (χ2v) is 3.39. The highest BCUT2D eigenvalue weighted by Crippen LogP contribution is 2.21. The van der Waals surface area contributed by atoms with Gasteiger partial charge in [0, 0.05) is 18.2 Å². The topological polar surface area (TPSA) is 110 Å². The number of hydrogen-bond donors (Lipinski definition) is 4. The summed E-state index contributed by atoms with van der Waals surface area (Å²) in [5.41, 5.74) is 0.427. The number of benzene rings is 1. The molecule has 1 aromatic rings. The molecule has 17 heavy (non-hydrogen) atoms. The molecule has 0 aliphatic heterocycles. The maximum absolute atomic E-state index is 10.5. The molecule has 0 fully saturated rings. The molecule has 0 aliphatic carbocycles. The molecule has 0 saturated heterocycles. The van der Waals surface area contributed by atoms with Crippen LogP contribution in [0.2, 0.25) is 0 Å².